The van der Waals surface area contributed by atoms with Crippen molar-refractivity contribution in [2.24, 2.45) is 5.92 Å². The molecule has 202 valence electrons. The van der Waals surface area contributed by atoms with E-state index in [4.69, 9.17) is 4.74 Å². The lowest BCUT2D eigenvalue weighted by Crippen LogP contribution is -2.12. The zero-order chi connectivity index (χ0) is 26.9. The van der Waals surface area contributed by atoms with Crippen molar-refractivity contribution < 1.29 is 17.9 Å². The highest BCUT2D eigenvalue weighted by Gasteiger charge is 2.22. The second kappa shape index (κ2) is 13.7. The summed E-state index contributed by atoms with van der Waals surface area (Å²) in [5.74, 6) is -1.17. The Morgan fingerprint density at radius 2 is 1.42 bits per heavy atom. The van der Waals surface area contributed by atoms with Gasteiger partial charge in [-0.3, -0.25) is 0 Å². The van der Waals surface area contributed by atoms with Crippen LogP contribution in [0.4, 0.5) is 13.2 Å². The van der Waals surface area contributed by atoms with E-state index in [-0.39, 0.29) is 17.1 Å². The molecule has 0 saturated heterocycles. The van der Waals surface area contributed by atoms with Crippen LogP contribution in [-0.2, 0) is 0 Å². The summed E-state index contributed by atoms with van der Waals surface area (Å²) in [6, 6.07) is 15.5. The first-order valence-electron chi connectivity index (χ1n) is 14.2. The summed E-state index contributed by atoms with van der Waals surface area (Å²) in [6.45, 7) is 4.58. The third-order valence-electron chi connectivity index (χ3n) is 7.76. The van der Waals surface area contributed by atoms with E-state index in [9.17, 15) is 8.78 Å². The summed E-state index contributed by atoms with van der Waals surface area (Å²) in [5.41, 5.74) is 2.97. The molecule has 1 saturated carbocycles. The van der Waals surface area contributed by atoms with Gasteiger partial charge in [0.25, 0.3) is 0 Å². The van der Waals surface area contributed by atoms with E-state index in [1.54, 1.807) is 36.4 Å². The first-order chi connectivity index (χ1) is 18.5. The maximum absolute atomic E-state index is 15.1. The Hall–Kier alpha value is -3.01. The molecule has 1 nitrogen and oxygen atoms in total. The van der Waals surface area contributed by atoms with Gasteiger partial charge in [-0.1, -0.05) is 81.2 Å². The van der Waals surface area contributed by atoms with Crippen LogP contribution in [0.25, 0.3) is 22.3 Å². The van der Waals surface area contributed by atoms with Gasteiger partial charge in [0.15, 0.2) is 11.6 Å². The van der Waals surface area contributed by atoms with Gasteiger partial charge in [-0.05, 0) is 85.8 Å². The predicted octanol–water partition coefficient (Wildman–Crippen LogP) is 10.6. The maximum atomic E-state index is 15.1. The fourth-order valence-electron chi connectivity index (χ4n) is 5.52. The Kier molecular flexibility index (Phi) is 10.1. The Bertz CT molecular complexity index is 1210. The number of ether oxygens (including phenoxy) is 1. The van der Waals surface area contributed by atoms with E-state index in [0.717, 1.165) is 56.9 Å². The molecular weight excluding hydrogens is 481 g/mol. The van der Waals surface area contributed by atoms with Crippen LogP contribution in [0, 0.1) is 23.4 Å². The Morgan fingerprint density at radius 1 is 0.763 bits per heavy atom. The highest BCUT2D eigenvalue weighted by atomic mass is 19.2. The molecule has 3 aromatic rings. The largest absolute Gasteiger partial charge is 0.490 e. The van der Waals surface area contributed by atoms with Gasteiger partial charge in [0.05, 0.1) is 6.61 Å². The van der Waals surface area contributed by atoms with Gasteiger partial charge < -0.3 is 4.74 Å². The third-order valence-corrected chi connectivity index (χ3v) is 7.76. The molecule has 1 aliphatic carbocycles. The van der Waals surface area contributed by atoms with Crippen LogP contribution < -0.4 is 4.74 Å². The molecule has 0 aliphatic heterocycles. The summed E-state index contributed by atoms with van der Waals surface area (Å²) in [5, 5.41) is 0. The van der Waals surface area contributed by atoms with Crippen LogP contribution in [0.15, 0.2) is 66.7 Å². The molecule has 0 spiro atoms. The van der Waals surface area contributed by atoms with E-state index >= 15 is 4.39 Å². The van der Waals surface area contributed by atoms with Crippen LogP contribution >= 0.6 is 0 Å². The molecule has 4 heteroatoms. The van der Waals surface area contributed by atoms with Crippen molar-refractivity contribution in [3.63, 3.8) is 0 Å². The summed E-state index contributed by atoms with van der Waals surface area (Å²) >= 11 is 0. The molecule has 38 heavy (non-hydrogen) atoms. The smallest absolute Gasteiger partial charge is 0.201 e. The van der Waals surface area contributed by atoms with Crippen molar-refractivity contribution in [1.29, 1.82) is 0 Å². The fourth-order valence-corrected chi connectivity index (χ4v) is 5.52. The summed E-state index contributed by atoms with van der Waals surface area (Å²) in [4.78, 5) is 0. The normalized spacial score (nSPS) is 17.7. The van der Waals surface area contributed by atoms with Crippen molar-refractivity contribution >= 4 is 0 Å². The van der Waals surface area contributed by atoms with Crippen molar-refractivity contribution in [3.8, 4) is 28.0 Å². The van der Waals surface area contributed by atoms with Crippen LogP contribution in [0.2, 0.25) is 0 Å². The number of hydrogen-bond donors (Lipinski definition) is 0. The van der Waals surface area contributed by atoms with Crippen LogP contribution in [0.3, 0.4) is 0 Å². The third kappa shape index (κ3) is 6.89. The zero-order valence-corrected chi connectivity index (χ0v) is 22.6. The summed E-state index contributed by atoms with van der Waals surface area (Å²) in [6.07, 6.45) is 14.1. The molecule has 0 bridgehead atoms. The number of allylic oxidation sites excluding steroid dienone is 2. The average molecular weight is 521 g/mol. The van der Waals surface area contributed by atoms with E-state index in [0.29, 0.717) is 35.1 Å². The second-order valence-electron chi connectivity index (χ2n) is 10.5. The topological polar surface area (TPSA) is 9.23 Å². The van der Waals surface area contributed by atoms with Gasteiger partial charge >= 0.3 is 0 Å². The molecular formula is C34H39F3O. The first kappa shape index (κ1) is 28.0. The number of benzene rings is 3. The lowest BCUT2D eigenvalue weighted by Gasteiger charge is -2.27. The quantitative estimate of drug-likeness (QED) is 0.180. The summed E-state index contributed by atoms with van der Waals surface area (Å²) in [7, 11) is 0. The molecule has 0 N–H and O–H groups in total. The number of rotatable bonds is 11. The molecule has 0 amide bonds. The first-order valence-corrected chi connectivity index (χ1v) is 14.2. The maximum Gasteiger partial charge on any atom is 0.201 e. The SMILES string of the molecule is C/C=C/C1CCC(c2ccc(-c3ccc(-c4ccc(OCCCCCCC)c(F)c4F)cc3)c(F)c2)CC1. The number of halogens is 3. The molecule has 0 unspecified atom stereocenters. The minimum Gasteiger partial charge on any atom is -0.490 e. The lowest BCUT2D eigenvalue weighted by molar-refractivity contribution is 0.285. The van der Waals surface area contributed by atoms with E-state index < -0.39 is 11.6 Å². The van der Waals surface area contributed by atoms with Gasteiger partial charge in [-0.2, -0.15) is 4.39 Å². The second-order valence-corrected chi connectivity index (χ2v) is 10.5. The van der Waals surface area contributed by atoms with E-state index in [2.05, 4.69) is 26.0 Å². The number of hydrogen-bond acceptors (Lipinski definition) is 1. The Labute approximate surface area is 225 Å². The molecule has 0 aromatic heterocycles. The fraction of sp³-hybridized carbons (Fsp3) is 0.412. The molecule has 1 aliphatic rings. The highest BCUT2D eigenvalue weighted by molar-refractivity contribution is 5.71. The Balaban J connectivity index is 1.41. The van der Waals surface area contributed by atoms with Crippen molar-refractivity contribution in [2.45, 2.75) is 77.6 Å². The predicted molar refractivity (Wildman–Crippen MR) is 151 cm³/mol. The van der Waals surface area contributed by atoms with Gasteiger partial charge in [-0.25, -0.2) is 8.78 Å². The van der Waals surface area contributed by atoms with Crippen LogP contribution in [0.1, 0.15) is 83.1 Å². The van der Waals surface area contributed by atoms with Gasteiger partial charge in [0, 0.05) is 11.1 Å². The molecule has 4 rings (SSSR count). The lowest BCUT2D eigenvalue weighted by atomic mass is 9.78. The zero-order valence-electron chi connectivity index (χ0n) is 22.6. The molecule has 1 fully saturated rings. The number of unbranched alkanes of at least 4 members (excludes halogenated alkanes) is 4. The molecule has 0 radical (unpaired) electrons. The van der Waals surface area contributed by atoms with E-state index in [1.165, 1.54) is 12.5 Å². The van der Waals surface area contributed by atoms with Crippen LogP contribution in [0.5, 0.6) is 5.75 Å². The molecule has 0 atom stereocenters. The van der Waals surface area contributed by atoms with Gasteiger partial charge in [0.1, 0.15) is 5.82 Å². The van der Waals surface area contributed by atoms with Gasteiger partial charge in [0.2, 0.25) is 5.82 Å². The summed E-state index contributed by atoms with van der Waals surface area (Å²) < 4.78 is 50.2. The van der Waals surface area contributed by atoms with Crippen molar-refractivity contribution in [1.82, 2.24) is 0 Å². The standard InChI is InChI=1S/C34H39F3O/c1-3-5-6-7-8-22-38-32-21-20-30(33(36)34(32)37)27-16-14-26(15-17-27)29-19-18-28(23-31(29)35)25-12-10-24(9-4-2)11-13-25/h4,9,14-21,23-25H,3,5-8,10-13,22H2,1-2H3/b9-4+. The van der Waals surface area contributed by atoms with Crippen molar-refractivity contribution in [2.75, 3.05) is 6.61 Å². The van der Waals surface area contributed by atoms with Crippen molar-refractivity contribution in [3.05, 3.63) is 89.8 Å². The Morgan fingerprint density at radius 3 is 2.08 bits per heavy atom. The minimum absolute atomic E-state index is 0.0594. The average Bonchev–Trinajstić information content (AvgIpc) is 2.94. The van der Waals surface area contributed by atoms with Crippen LogP contribution in [-0.4, -0.2) is 6.61 Å². The monoisotopic (exact) mass is 520 g/mol. The van der Waals surface area contributed by atoms with Gasteiger partial charge in [-0.15, -0.1) is 0 Å². The molecule has 0 heterocycles. The molecule has 3 aromatic carbocycles. The minimum atomic E-state index is -0.971. The highest BCUT2D eigenvalue weighted by Crippen LogP contribution is 2.38. The van der Waals surface area contributed by atoms with E-state index in [1.807, 2.05) is 12.1 Å².